The lowest BCUT2D eigenvalue weighted by molar-refractivity contribution is 0.160. The highest BCUT2D eigenvalue weighted by molar-refractivity contribution is 5.70. The van der Waals surface area contributed by atoms with Crippen LogP contribution in [0.1, 0.15) is 38.5 Å². The first kappa shape index (κ1) is 17.8. The molecule has 10 nitrogen and oxygen atoms in total. The molecule has 0 aliphatic carbocycles. The van der Waals surface area contributed by atoms with Gasteiger partial charge in [-0.2, -0.15) is 0 Å². The van der Waals surface area contributed by atoms with Crippen molar-refractivity contribution < 1.29 is 19.8 Å². The molecular weight excluding hydrogens is 292 g/mol. The lowest BCUT2D eigenvalue weighted by Crippen LogP contribution is -2.27. The number of carboxylic acid groups (broad SMARTS) is 2. The van der Waals surface area contributed by atoms with E-state index in [1.165, 1.54) is 38.5 Å². The molecule has 2 aliphatic heterocycles. The number of amides is 2. The van der Waals surface area contributed by atoms with Gasteiger partial charge in [-0.05, 0) is 38.5 Å². The molecule has 10 heteroatoms. The van der Waals surface area contributed by atoms with Crippen LogP contribution in [0.15, 0.2) is 20.7 Å². The summed E-state index contributed by atoms with van der Waals surface area (Å²) in [6.07, 6.45) is 4.58. The zero-order valence-corrected chi connectivity index (χ0v) is 12.5. The number of hydrogen-bond donors (Lipinski definition) is 2. The maximum atomic E-state index is 9.38. The summed E-state index contributed by atoms with van der Waals surface area (Å²) in [5.74, 6) is 0. The van der Waals surface area contributed by atoms with Crippen LogP contribution in [-0.4, -0.2) is 58.6 Å². The van der Waals surface area contributed by atoms with Crippen molar-refractivity contribution in [2.75, 3.05) is 26.2 Å². The molecule has 2 heterocycles. The van der Waals surface area contributed by atoms with E-state index in [4.69, 9.17) is 10.2 Å². The minimum absolute atomic E-state index is 1.09. The first-order valence-corrected chi connectivity index (χ1v) is 7.37. The summed E-state index contributed by atoms with van der Waals surface area (Å²) >= 11 is 0. The van der Waals surface area contributed by atoms with Crippen molar-refractivity contribution in [1.82, 2.24) is 10.0 Å². The van der Waals surface area contributed by atoms with Gasteiger partial charge in [0.25, 0.3) is 0 Å². The monoisotopic (exact) mass is 314 g/mol. The van der Waals surface area contributed by atoms with Crippen molar-refractivity contribution in [3.8, 4) is 0 Å². The van der Waals surface area contributed by atoms with E-state index in [9.17, 15) is 9.59 Å². The number of azo groups is 1. The van der Waals surface area contributed by atoms with E-state index in [1.807, 2.05) is 0 Å². The summed E-state index contributed by atoms with van der Waals surface area (Å²) in [4.78, 5) is 18.8. The Morgan fingerprint density at radius 2 is 0.955 bits per heavy atom. The van der Waals surface area contributed by atoms with E-state index >= 15 is 0 Å². The van der Waals surface area contributed by atoms with Crippen LogP contribution in [0, 0.1) is 0 Å². The molecule has 0 aromatic rings. The smallest absolute Gasteiger partial charge is 0.450 e. The van der Waals surface area contributed by atoms with Crippen LogP contribution >= 0.6 is 0 Å². The number of nitrogens with zero attached hydrogens (tertiary/aromatic N) is 6. The predicted octanol–water partition coefficient (Wildman–Crippen LogP) is 3.04. The Kier molecular flexibility index (Phi) is 8.46. The summed E-state index contributed by atoms with van der Waals surface area (Å²) in [7, 11) is 0. The standard InChI is InChI=1S/C10H20N4.C2H2N2O4/c1-3-7-13(8-4-1)11-12-14-9-5-2-6-10-14;5-1(6)3-4-2(7)8/h1-10H2;(H,5,6)(H,7,8). The van der Waals surface area contributed by atoms with Crippen LogP contribution in [-0.2, 0) is 0 Å². The maximum absolute atomic E-state index is 9.38. The van der Waals surface area contributed by atoms with Crippen molar-refractivity contribution in [3.63, 3.8) is 0 Å². The zero-order valence-electron chi connectivity index (χ0n) is 12.5. The van der Waals surface area contributed by atoms with Crippen LogP contribution in [0.2, 0.25) is 0 Å². The van der Waals surface area contributed by atoms with Crippen molar-refractivity contribution in [2.24, 2.45) is 20.7 Å². The third kappa shape index (κ3) is 8.82. The van der Waals surface area contributed by atoms with Gasteiger partial charge in [0.05, 0.1) is 0 Å². The van der Waals surface area contributed by atoms with Crippen LogP contribution < -0.4 is 0 Å². The van der Waals surface area contributed by atoms with Crippen LogP contribution in [0.3, 0.4) is 0 Å². The molecule has 0 saturated carbocycles. The molecule has 0 aromatic carbocycles. The molecule has 0 atom stereocenters. The summed E-state index contributed by atoms with van der Waals surface area (Å²) in [6.45, 7) is 4.38. The Labute approximate surface area is 128 Å². The Hall–Kier alpha value is -2.26. The molecule has 0 radical (unpaired) electrons. The lowest BCUT2D eigenvalue weighted by atomic mass is 10.2. The second kappa shape index (κ2) is 10.5. The van der Waals surface area contributed by atoms with Crippen LogP contribution in [0.4, 0.5) is 9.59 Å². The fourth-order valence-electron chi connectivity index (χ4n) is 2.13. The van der Waals surface area contributed by atoms with Crippen molar-refractivity contribution in [1.29, 1.82) is 0 Å². The van der Waals surface area contributed by atoms with E-state index in [0.717, 1.165) is 26.2 Å². The topological polar surface area (TPSA) is 131 Å². The summed E-state index contributed by atoms with van der Waals surface area (Å²) < 4.78 is 0. The van der Waals surface area contributed by atoms with E-state index in [1.54, 1.807) is 0 Å². The summed E-state index contributed by atoms with van der Waals surface area (Å²) in [5, 5.41) is 32.6. The molecule has 124 valence electrons. The highest BCUT2D eigenvalue weighted by atomic mass is 16.4. The van der Waals surface area contributed by atoms with Crippen molar-refractivity contribution in [3.05, 3.63) is 0 Å². The van der Waals surface area contributed by atoms with Gasteiger partial charge in [-0.3, -0.25) is 10.0 Å². The fourth-order valence-corrected chi connectivity index (χ4v) is 2.13. The first-order valence-electron chi connectivity index (χ1n) is 7.37. The third-order valence-electron chi connectivity index (χ3n) is 3.18. The molecule has 2 fully saturated rings. The van der Waals surface area contributed by atoms with Crippen molar-refractivity contribution in [2.45, 2.75) is 38.5 Å². The van der Waals surface area contributed by atoms with E-state index in [2.05, 4.69) is 30.7 Å². The summed E-state index contributed by atoms with van der Waals surface area (Å²) in [6, 6.07) is 0. The lowest BCUT2D eigenvalue weighted by Gasteiger charge is -2.25. The Morgan fingerprint density at radius 3 is 1.23 bits per heavy atom. The van der Waals surface area contributed by atoms with Gasteiger partial charge in [0.2, 0.25) is 0 Å². The number of rotatable bonds is 2. The molecule has 2 N–H and O–H groups in total. The fraction of sp³-hybridized carbons (Fsp3) is 0.833. The van der Waals surface area contributed by atoms with Crippen molar-refractivity contribution >= 4 is 12.2 Å². The number of hydrogen-bond acceptors (Lipinski definition) is 4. The van der Waals surface area contributed by atoms with Crippen LogP contribution in [0.5, 0.6) is 0 Å². The Bertz CT molecular complexity index is 366. The summed E-state index contributed by atoms with van der Waals surface area (Å²) in [5.41, 5.74) is 0. The van der Waals surface area contributed by atoms with E-state index < -0.39 is 12.2 Å². The van der Waals surface area contributed by atoms with Gasteiger partial charge in [0.15, 0.2) is 0 Å². The average molecular weight is 314 g/mol. The molecule has 2 amide bonds. The molecule has 0 bridgehead atoms. The highest BCUT2D eigenvalue weighted by Crippen LogP contribution is 2.12. The molecule has 22 heavy (non-hydrogen) atoms. The minimum Gasteiger partial charge on any atom is -0.462 e. The third-order valence-corrected chi connectivity index (χ3v) is 3.18. The van der Waals surface area contributed by atoms with E-state index in [0.29, 0.717) is 0 Å². The molecular formula is C12H22N6O4. The molecule has 0 aromatic heterocycles. The second-order valence-electron chi connectivity index (χ2n) is 4.97. The largest absolute Gasteiger partial charge is 0.462 e. The molecule has 2 rings (SSSR count). The molecule has 0 unspecified atom stereocenters. The quantitative estimate of drug-likeness (QED) is 0.753. The number of piperidine rings is 2. The van der Waals surface area contributed by atoms with Gasteiger partial charge in [0, 0.05) is 26.2 Å². The normalized spacial score (nSPS) is 19.1. The van der Waals surface area contributed by atoms with Gasteiger partial charge >= 0.3 is 12.2 Å². The van der Waals surface area contributed by atoms with Gasteiger partial charge in [-0.1, -0.05) is 20.7 Å². The van der Waals surface area contributed by atoms with E-state index in [-0.39, 0.29) is 0 Å². The SMILES string of the molecule is C1CCN(N=NN2CCCCC2)CC1.O=C(O)N=NC(=O)O. The maximum Gasteiger partial charge on any atom is 0.450 e. The average Bonchev–Trinajstić information content (AvgIpc) is 2.54. The first-order chi connectivity index (χ1) is 10.6. The molecule has 2 saturated heterocycles. The predicted molar refractivity (Wildman–Crippen MR) is 76.6 cm³/mol. The molecule has 2 aliphatic rings. The minimum atomic E-state index is -1.62. The molecule has 0 spiro atoms. The van der Waals surface area contributed by atoms with Crippen LogP contribution in [0.25, 0.3) is 0 Å². The zero-order chi connectivity index (χ0) is 16.2. The van der Waals surface area contributed by atoms with Gasteiger partial charge in [-0.25, -0.2) is 9.59 Å². The van der Waals surface area contributed by atoms with Gasteiger partial charge in [-0.15, -0.1) is 0 Å². The van der Waals surface area contributed by atoms with Gasteiger partial charge in [0.1, 0.15) is 0 Å². The Balaban J connectivity index is 0.000000261. The Morgan fingerprint density at radius 1 is 0.636 bits per heavy atom. The highest BCUT2D eigenvalue weighted by Gasteiger charge is 2.10. The second-order valence-corrected chi connectivity index (χ2v) is 4.97. The number of carbonyl (C=O) groups is 2. The van der Waals surface area contributed by atoms with Gasteiger partial charge < -0.3 is 10.2 Å².